The maximum Gasteiger partial charge on any atom is 0.164 e. The average Bonchev–Trinajstić information content (AvgIpc) is 2.29. The zero-order valence-electron chi connectivity index (χ0n) is 9.59. The molecular formula is C13H16ClFO. The van der Waals surface area contributed by atoms with Crippen LogP contribution in [-0.2, 0) is 0 Å². The van der Waals surface area contributed by atoms with Crippen molar-refractivity contribution in [3.63, 3.8) is 0 Å². The molecule has 0 heterocycles. The van der Waals surface area contributed by atoms with E-state index >= 15 is 0 Å². The quantitative estimate of drug-likeness (QED) is 0.696. The molecule has 0 radical (unpaired) electrons. The highest BCUT2D eigenvalue weighted by molar-refractivity contribution is 6.34. The van der Waals surface area contributed by atoms with Crippen molar-refractivity contribution in [1.82, 2.24) is 0 Å². The average molecular weight is 243 g/mol. The van der Waals surface area contributed by atoms with Gasteiger partial charge in [0.25, 0.3) is 0 Å². The summed E-state index contributed by atoms with van der Waals surface area (Å²) in [6.45, 7) is 4.10. The fraction of sp³-hybridized carbons (Fsp3) is 0.462. The van der Waals surface area contributed by atoms with Crippen molar-refractivity contribution < 1.29 is 9.18 Å². The Morgan fingerprint density at radius 2 is 2.00 bits per heavy atom. The topological polar surface area (TPSA) is 17.1 Å². The summed E-state index contributed by atoms with van der Waals surface area (Å²) >= 11 is 5.76. The second kappa shape index (κ2) is 6.00. The molecule has 0 aliphatic rings. The molecule has 88 valence electrons. The number of carbonyl (C=O) groups excluding carboxylic acids is 1. The first-order chi connectivity index (χ1) is 7.60. The first kappa shape index (κ1) is 13.2. The van der Waals surface area contributed by atoms with E-state index < -0.39 is 5.82 Å². The first-order valence-electron chi connectivity index (χ1n) is 5.57. The third kappa shape index (κ3) is 3.05. The Kier molecular flexibility index (Phi) is 4.94. The van der Waals surface area contributed by atoms with Crippen molar-refractivity contribution in [2.75, 3.05) is 0 Å². The molecular weight excluding hydrogens is 227 g/mol. The number of hydrogen-bond donors (Lipinski definition) is 0. The molecule has 1 nitrogen and oxygen atoms in total. The minimum absolute atomic E-state index is 0.0570. The monoisotopic (exact) mass is 242 g/mol. The fourth-order valence-corrected chi connectivity index (χ4v) is 1.90. The SMILES string of the molecule is CCC(CC)CC(=O)c1cccc(F)c1Cl. The van der Waals surface area contributed by atoms with Gasteiger partial charge in [-0.2, -0.15) is 0 Å². The van der Waals surface area contributed by atoms with Crippen molar-refractivity contribution in [3.8, 4) is 0 Å². The van der Waals surface area contributed by atoms with Crippen molar-refractivity contribution in [2.45, 2.75) is 33.1 Å². The van der Waals surface area contributed by atoms with Crippen molar-refractivity contribution >= 4 is 17.4 Å². The zero-order valence-corrected chi connectivity index (χ0v) is 10.4. The summed E-state index contributed by atoms with van der Waals surface area (Å²) in [5.41, 5.74) is 0.300. The van der Waals surface area contributed by atoms with Crippen LogP contribution in [0.25, 0.3) is 0 Å². The van der Waals surface area contributed by atoms with Crippen molar-refractivity contribution in [1.29, 1.82) is 0 Å². The first-order valence-corrected chi connectivity index (χ1v) is 5.95. The minimum atomic E-state index is -0.530. The summed E-state index contributed by atoms with van der Waals surface area (Å²) < 4.78 is 13.2. The Morgan fingerprint density at radius 1 is 1.38 bits per heavy atom. The van der Waals surface area contributed by atoms with Gasteiger partial charge in [0.05, 0.1) is 5.02 Å². The highest BCUT2D eigenvalue weighted by atomic mass is 35.5. The predicted octanol–water partition coefficient (Wildman–Crippen LogP) is 4.49. The van der Waals surface area contributed by atoms with E-state index in [1.54, 1.807) is 6.07 Å². The van der Waals surface area contributed by atoms with Crippen LogP contribution in [0.1, 0.15) is 43.5 Å². The molecule has 3 heteroatoms. The predicted molar refractivity (Wildman–Crippen MR) is 64.4 cm³/mol. The maximum atomic E-state index is 13.2. The smallest absolute Gasteiger partial charge is 0.164 e. The number of carbonyl (C=O) groups is 1. The summed E-state index contributed by atoms with van der Waals surface area (Å²) in [7, 11) is 0. The van der Waals surface area contributed by atoms with E-state index in [-0.39, 0.29) is 10.8 Å². The van der Waals surface area contributed by atoms with Crippen LogP contribution in [0.15, 0.2) is 18.2 Å². The van der Waals surface area contributed by atoms with Crippen LogP contribution in [0.2, 0.25) is 5.02 Å². The molecule has 1 aromatic carbocycles. The Bertz CT molecular complexity index is 372. The molecule has 0 bridgehead atoms. The van der Waals surface area contributed by atoms with E-state index in [1.165, 1.54) is 12.1 Å². The largest absolute Gasteiger partial charge is 0.294 e. The third-order valence-electron chi connectivity index (χ3n) is 2.88. The minimum Gasteiger partial charge on any atom is -0.294 e. The molecule has 0 fully saturated rings. The maximum absolute atomic E-state index is 13.2. The molecule has 0 aliphatic heterocycles. The Morgan fingerprint density at radius 3 is 2.56 bits per heavy atom. The van der Waals surface area contributed by atoms with Crippen LogP contribution in [0, 0.1) is 11.7 Å². The second-order valence-electron chi connectivity index (χ2n) is 3.91. The van der Waals surface area contributed by atoms with E-state index in [0.717, 1.165) is 12.8 Å². The van der Waals surface area contributed by atoms with Gasteiger partial charge < -0.3 is 0 Å². The molecule has 0 amide bonds. The van der Waals surface area contributed by atoms with Gasteiger partial charge in [0.1, 0.15) is 5.82 Å². The van der Waals surface area contributed by atoms with Gasteiger partial charge in [-0.3, -0.25) is 4.79 Å². The fourth-order valence-electron chi connectivity index (χ4n) is 1.67. The number of rotatable bonds is 5. The molecule has 0 saturated carbocycles. The normalized spacial score (nSPS) is 10.8. The standard InChI is InChI=1S/C13H16ClFO/c1-3-9(4-2)8-12(16)10-6-5-7-11(15)13(10)14/h5-7,9H,3-4,8H2,1-2H3. The lowest BCUT2D eigenvalue weighted by atomic mass is 9.94. The summed E-state index contributed by atoms with van der Waals surface area (Å²) in [5, 5.41) is -0.0570. The number of Topliss-reactive ketones (excluding diaryl/α,β-unsaturated/α-hetero) is 1. The van der Waals surface area contributed by atoms with Crippen LogP contribution >= 0.6 is 11.6 Å². The molecule has 16 heavy (non-hydrogen) atoms. The van der Waals surface area contributed by atoms with Crippen molar-refractivity contribution in [2.24, 2.45) is 5.92 Å². The summed E-state index contributed by atoms with van der Waals surface area (Å²) in [4.78, 5) is 11.9. The van der Waals surface area contributed by atoms with Gasteiger partial charge in [0.15, 0.2) is 5.78 Å². The summed E-state index contributed by atoms with van der Waals surface area (Å²) in [6, 6.07) is 4.35. The van der Waals surface area contributed by atoms with E-state index in [4.69, 9.17) is 11.6 Å². The van der Waals surface area contributed by atoms with Gasteiger partial charge in [0.2, 0.25) is 0 Å². The van der Waals surface area contributed by atoms with Crippen LogP contribution in [0.5, 0.6) is 0 Å². The van der Waals surface area contributed by atoms with Gasteiger partial charge in [-0.25, -0.2) is 4.39 Å². The van der Waals surface area contributed by atoms with Crippen LogP contribution < -0.4 is 0 Å². The Balaban J connectivity index is 2.84. The highest BCUT2D eigenvalue weighted by Crippen LogP contribution is 2.23. The van der Waals surface area contributed by atoms with Gasteiger partial charge in [-0.05, 0) is 18.1 Å². The lowest BCUT2D eigenvalue weighted by Gasteiger charge is -2.11. The van der Waals surface area contributed by atoms with Crippen LogP contribution in [0.4, 0.5) is 4.39 Å². The molecule has 0 aliphatic carbocycles. The molecule has 0 atom stereocenters. The number of benzene rings is 1. The molecule has 1 rings (SSSR count). The van der Waals surface area contributed by atoms with Gasteiger partial charge >= 0.3 is 0 Å². The Hall–Kier alpha value is -0.890. The highest BCUT2D eigenvalue weighted by Gasteiger charge is 2.16. The zero-order chi connectivity index (χ0) is 12.1. The lowest BCUT2D eigenvalue weighted by molar-refractivity contribution is 0.0958. The Labute approximate surface area is 101 Å². The van der Waals surface area contributed by atoms with Crippen molar-refractivity contribution in [3.05, 3.63) is 34.6 Å². The van der Waals surface area contributed by atoms with E-state index in [1.807, 2.05) is 0 Å². The van der Waals surface area contributed by atoms with Gasteiger partial charge in [-0.1, -0.05) is 44.4 Å². The third-order valence-corrected chi connectivity index (χ3v) is 3.26. The van der Waals surface area contributed by atoms with Gasteiger partial charge in [-0.15, -0.1) is 0 Å². The van der Waals surface area contributed by atoms with Crippen LogP contribution in [0.3, 0.4) is 0 Å². The summed E-state index contributed by atoms with van der Waals surface area (Å²) in [5.74, 6) is -0.248. The number of ketones is 1. The van der Waals surface area contributed by atoms with Crippen LogP contribution in [-0.4, -0.2) is 5.78 Å². The number of hydrogen-bond acceptors (Lipinski definition) is 1. The summed E-state index contributed by atoms with van der Waals surface area (Å²) in [6.07, 6.45) is 2.35. The molecule has 0 aromatic heterocycles. The van der Waals surface area contributed by atoms with E-state index in [2.05, 4.69) is 13.8 Å². The van der Waals surface area contributed by atoms with Gasteiger partial charge in [0, 0.05) is 12.0 Å². The van der Waals surface area contributed by atoms with E-state index in [9.17, 15) is 9.18 Å². The molecule has 1 aromatic rings. The lowest BCUT2D eigenvalue weighted by Crippen LogP contribution is -2.08. The van der Waals surface area contributed by atoms with E-state index in [0.29, 0.717) is 17.9 Å². The molecule has 0 saturated heterocycles. The number of halogens is 2. The molecule has 0 N–H and O–H groups in total. The molecule has 0 unspecified atom stereocenters. The molecule has 0 spiro atoms. The second-order valence-corrected chi connectivity index (χ2v) is 4.29.